The predicted molar refractivity (Wildman–Crippen MR) is 90.2 cm³/mol. The standard InChI is InChI=1S/C18H15F4N3O3/c1-25(2)7-6-23-11-8-12(26)16-14(15(11)27)24-17(28-16)13-9(18(20,21)22)4-3-5-10(13)19/h3-5,8,23H,6-7H2,1-2H3. The lowest BCUT2D eigenvalue weighted by atomic mass is 10.0. The molecule has 1 N–H and O–H groups in total. The Balaban J connectivity index is 2.00. The van der Waals surface area contributed by atoms with E-state index in [4.69, 9.17) is 4.42 Å². The normalized spacial score (nSPS) is 14.3. The summed E-state index contributed by atoms with van der Waals surface area (Å²) in [5, 5.41) is 2.78. The van der Waals surface area contributed by atoms with Gasteiger partial charge in [0.25, 0.3) is 0 Å². The number of hydrogen-bond acceptors (Lipinski definition) is 6. The van der Waals surface area contributed by atoms with E-state index in [0.29, 0.717) is 19.2 Å². The fourth-order valence-corrected chi connectivity index (χ4v) is 2.66. The van der Waals surface area contributed by atoms with Gasteiger partial charge in [0.1, 0.15) is 5.82 Å². The third kappa shape index (κ3) is 3.68. The summed E-state index contributed by atoms with van der Waals surface area (Å²) in [6, 6.07) is 2.37. The number of fused-ring (bicyclic) bond motifs is 1. The molecule has 0 atom stereocenters. The first-order valence-corrected chi connectivity index (χ1v) is 8.16. The van der Waals surface area contributed by atoms with Crippen LogP contribution < -0.4 is 5.32 Å². The molecule has 1 aromatic heterocycles. The maximum atomic E-state index is 14.1. The fourth-order valence-electron chi connectivity index (χ4n) is 2.66. The van der Waals surface area contributed by atoms with E-state index in [0.717, 1.165) is 18.2 Å². The van der Waals surface area contributed by atoms with Crippen LogP contribution in [0.5, 0.6) is 0 Å². The number of rotatable bonds is 5. The van der Waals surface area contributed by atoms with Crippen LogP contribution in [0.2, 0.25) is 0 Å². The molecule has 2 aromatic rings. The minimum Gasteiger partial charge on any atom is -0.432 e. The van der Waals surface area contributed by atoms with Gasteiger partial charge in [0, 0.05) is 19.2 Å². The third-order valence-corrected chi connectivity index (χ3v) is 3.99. The summed E-state index contributed by atoms with van der Waals surface area (Å²) in [6.07, 6.45) is -3.89. The van der Waals surface area contributed by atoms with Crippen LogP contribution in [0, 0.1) is 5.82 Å². The number of allylic oxidation sites excluding steroid dienone is 2. The summed E-state index contributed by atoms with van der Waals surface area (Å²) >= 11 is 0. The van der Waals surface area contributed by atoms with Gasteiger partial charge in [-0.1, -0.05) is 6.07 Å². The highest BCUT2D eigenvalue weighted by Gasteiger charge is 2.38. The minimum atomic E-state index is -4.88. The minimum absolute atomic E-state index is 0.0521. The van der Waals surface area contributed by atoms with E-state index in [9.17, 15) is 27.2 Å². The number of nitrogens with one attached hydrogen (secondary N) is 1. The average molecular weight is 397 g/mol. The van der Waals surface area contributed by atoms with Gasteiger partial charge in [0.05, 0.1) is 16.8 Å². The van der Waals surface area contributed by atoms with Crippen LogP contribution >= 0.6 is 0 Å². The number of likely N-dealkylation sites (N-methyl/N-ethyl adjacent to an activating group) is 1. The lowest BCUT2D eigenvalue weighted by Gasteiger charge is -2.14. The number of ketones is 2. The molecule has 1 aromatic carbocycles. The van der Waals surface area contributed by atoms with Crippen molar-refractivity contribution in [3.05, 3.63) is 52.8 Å². The highest BCUT2D eigenvalue weighted by Crippen LogP contribution is 2.39. The van der Waals surface area contributed by atoms with E-state index in [1.807, 2.05) is 19.0 Å². The third-order valence-electron chi connectivity index (χ3n) is 3.99. The van der Waals surface area contributed by atoms with Crippen LogP contribution in [0.4, 0.5) is 17.6 Å². The highest BCUT2D eigenvalue weighted by molar-refractivity contribution is 6.22. The van der Waals surface area contributed by atoms with Crippen molar-refractivity contribution in [3.8, 4) is 11.5 Å². The Kier molecular flexibility index (Phi) is 5.07. The fraction of sp³-hybridized carbons (Fsp3) is 0.278. The molecule has 1 heterocycles. The molecular formula is C18H15F4N3O3. The molecular weight excluding hydrogens is 382 g/mol. The lowest BCUT2D eigenvalue weighted by Crippen LogP contribution is -2.31. The Labute approximate surface area is 156 Å². The number of carbonyl (C=O) groups excluding carboxylic acids is 2. The Morgan fingerprint density at radius 2 is 1.93 bits per heavy atom. The monoisotopic (exact) mass is 397 g/mol. The van der Waals surface area contributed by atoms with E-state index in [1.54, 1.807) is 0 Å². The summed E-state index contributed by atoms with van der Waals surface area (Å²) in [7, 11) is 3.64. The Hall–Kier alpha value is -3.01. The van der Waals surface area contributed by atoms with Crippen molar-refractivity contribution in [2.75, 3.05) is 27.2 Å². The van der Waals surface area contributed by atoms with Crippen molar-refractivity contribution in [1.82, 2.24) is 15.2 Å². The van der Waals surface area contributed by atoms with Crippen LogP contribution in [0.1, 0.15) is 26.6 Å². The van der Waals surface area contributed by atoms with Crippen LogP contribution in [-0.4, -0.2) is 48.6 Å². The smallest absolute Gasteiger partial charge is 0.417 e. The molecule has 0 bridgehead atoms. The van der Waals surface area contributed by atoms with Gasteiger partial charge in [-0.2, -0.15) is 13.2 Å². The van der Waals surface area contributed by atoms with Gasteiger partial charge in [-0.3, -0.25) is 9.59 Å². The van der Waals surface area contributed by atoms with Gasteiger partial charge < -0.3 is 14.6 Å². The van der Waals surface area contributed by atoms with Crippen molar-refractivity contribution in [1.29, 1.82) is 0 Å². The van der Waals surface area contributed by atoms with Gasteiger partial charge in [-0.15, -0.1) is 0 Å². The van der Waals surface area contributed by atoms with Crippen LogP contribution in [-0.2, 0) is 6.18 Å². The molecule has 28 heavy (non-hydrogen) atoms. The maximum absolute atomic E-state index is 14.1. The lowest BCUT2D eigenvalue weighted by molar-refractivity contribution is -0.137. The van der Waals surface area contributed by atoms with Crippen molar-refractivity contribution in [2.45, 2.75) is 6.18 Å². The van der Waals surface area contributed by atoms with Crippen LogP contribution in [0.25, 0.3) is 11.5 Å². The number of aromatic nitrogens is 1. The summed E-state index contributed by atoms with van der Waals surface area (Å²) in [4.78, 5) is 30.3. The average Bonchev–Trinajstić information content (AvgIpc) is 3.03. The SMILES string of the molecule is CN(C)CCNC1=CC(=O)c2oc(-c3c(F)cccc3C(F)(F)F)nc2C1=O. The molecule has 3 rings (SSSR count). The first kappa shape index (κ1) is 19.7. The number of benzene rings is 1. The Bertz CT molecular complexity index is 977. The Morgan fingerprint density at radius 1 is 1.21 bits per heavy atom. The quantitative estimate of drug-likeness (QED) is 0.782. The molecule has 10 heteroatoms. The number of alkyl halides is 3. The topological polar surface area (TPSA) is 75.4 Å². The molecule has 0 saturated carbocycles. The second kappa shape index (κ2) is 7.19. The number of carbonyl (C=O) groups is 2. The van der Waals surface area contributed by atoms with Gasteiger partial charge >= 0.3 is 6.18 Å². The van der Waals surface area contributed by atoms with Crippen molar-refractivity contribution >= 4 is 11.6 Å². The summed E-state index contributed by atoms with van der Waals surface area (Å²) in [5.74, 6) is -3.99. The van der Waals surface area contributed by atoms with Crippen molar-refractivity contribution < 1.29 is 31.6 Å². The number of Topliss-reactive ketones (excluding diaryl/α,β-unsaturated/α-hetero) is 1. The van der Waals surface area contributed by atoms with Gasteiger partial charge in [-0.05, 0) is 26.2 Å². The second-order valence-electron chi connectivity index (χ2n) is 6.34. The van der Waals surface area contributed by atoms with Gasteiger partial charge in [-0.25, -0.2) is 9.37 Å². The summed E-state index contributed by atoms with van der Waals surface area (Å²) in [5.41, 5.74) is -2.77. The molecule has 0 fully saturated rings. The number of hydrogen-bond donors (Lipinski definition) is 1. The molecule has 0 saturated heterocycles. The zero-order valence-corrected chi connectivity index (χ0v) is 14.9. The molecule has 6 nitrogen and oxygen atoms in total. The predicted octanol–water partition coefficient (Wildman–Crippen LogP) is 2.91. The first-order chi connectivity index (χ1) is 13.1. The first-order valence-electron chi connectivity index (χ1n) is 8.16. The van der Waals surface area contributed by atoms with E-state index >= 15 is 0 Å². The van der Waals surface area contributed by atoms with Gasteiger partial charge in [0.2, 0.25) is 23.2 Å². The molecule has 0 radical (unpaired) electrons. The molecule has 0 amide bonds. The zero-order chi connectivity index (χ0) is 20.6. The largest absolute Gasteiger partial charge is 0.432 e. The van der Waals surface area contributed by atoms with Crippen molar-refractivity contribution in [2.24, 2.45) is 0 Å². The van der Waals surface area contributed by atoms with Crippen LogP contribution in [0.15, 0.2) is 34.4 Å². The maximum Gasteiger partial charge on any atom is 0.417 e. The molecule has 0 spiro atoms. The molecule has 1 aliphatic carbocycles. The van der Waals surface area contributed by atoms with Gasteiger partial charge in [0.15, 0.2) is 5.69 Å². The van der Waals surface area contributed by atoms with E-state index in [2.05, 4.69) is 10.3 Å². The summed E-state index contributed by atoms with van der Waals surface area (Å²) < 4.78 is 58.9. The van der Waals surface area contributed by atoms with E-state index in [-0.39, 0.29) is 5.70 Å². The molecule has 1 aliphatic rings. The number of halogens is 4. The van der Waals surface area contributed by atoms with E-state index < -0.39 is 52.0 Å². The Morgan fingerprint density at radius 3 is 2.57 bits per heavy atom. The van der Waals surface area contributed by atoms with Crippen molar-refractivity contribution in [3.63, 3.8) is 0 Å². The molecule has 148 valence electrons. The zero-order valence-electron chi connectivity index (χ0n) is 14.9. The number of oxazole rings is 1. The van der Waals surface area contributed by atoms with E-state index in [1.165, 1.54) is 0 Å². The summed E-state index contributed by atoms with van der Waals surface area (Å²) in [6.45, 7) is 0.920. The van der Waals surface area contributed by atoms with Crippen LogP contribution in [0.3, 0.4) is 0 Å². The second-order valence-corrected chi connectivity index (χ2v) is 6.34. The molecule has 0 aliphatic heterocycles. The highest BCUT2D eigenvalue weighted by atomic mass is 19.4. The number of nitrogens with zero attached hydrogens (tertiary/aromatic N) is 2. The molecule has 0 unspecified atom stereocenters.